The van der Waals surface area contributed by atoms with Crippen molar-refractivity contribution in [3.8, 4) is 0 Å². The summed E-state index contributed by atoms with van der Waals surface area (Å²) in [6.45, 7) is -0.589. The average Bonchev–Trinajstić information content (AvgIpc) is 3.32. The molecule has 0 unspecified atom stereocenters. The number of thiophene rings is 1. The maximum absolute atomic E-state index is 14.1. The largest absolute Gasteiger partial charge is 0.511 e. The minimum absolute atomic E-state index is 0.00501. The van der Waals surface area contributed by atoms with Crippen LogP contribution >= 0.6 is 11.3 Å². The maximum Gasteiger partial charge on any atom is 0.287 e. The van der Waals surface area contributed by atoms with Gasteiger partial charge in [-0.15, -0.1) is 15.7 Å². The highest BCUT2D eigenvalue weighted by atomic mass is 32.2. The van der Waals surface area contributed by atoms with Gasteiger partial charge in [-0.05, 0) is 60.6 Å². The van der Waals surface area contributed by atoms with Gasteiger partial charge in [0.05, 0.1) is 6.26 Å². The molecule has 3 aliphatic carbocycles. The van der Waals surface area contributed by atoms with Crippen molar-refractivity contribution < 1.29 is 39.9 Å². The third-order valence-corrected chi connectivity index (χ3v) is 11.4. The number of amidine groups is 1. The summed E-state index contributed by atoms with van der Waals surface area (Å²) in [4.78, 5) is 15.1. The molecule has 1 aromatic carbocycles. The number of hydrogen-bond acceptors (Lipinski definition) is 8. The van der Waals surface area contributed by atoms with Gasteiger partial charge in [-0.3, -0.25) is 4.79 Å². The summed E-state index contributed by atoms with van der Waals surface area (Å²) in [6, 6.07) is 1.12. The van der Waals surface area contributed by atoms with E-state index in [9.17, 15) is 39.9 Å². The zero-order valence-corrected chi connectivity index (χ0v) is 24.0. The zero-order chi connectivity index (χ0) is 29.4. The molecule has 16 heteroatoms. The van der Waals surface area contributed by atoms with Crippen molar-refractivity contribution in [2.45, 2.75) is 49.7 Å². The van der Waals surface area contributed by atoms with Gasteiger partial charge in [0.2, 0.25) is 10.0 Å². The van der Waals surface area contributed by atoms with Crippen molar-refractivity contribution >= 4 is 48.1 Å². The molecule has 3 saturated carbocycles. The highest BCUT2D eigenvalue weighted by Crippen LogP contribution is 2.52. The first-order chi connectivity index (χ1) is 19.2. The van der Waals surface area contributed by atoms with E-state index >= 15 is 0 Å². The summed E-state index contributed by atoms with van der Waals surface area (Å²) >= 11 is 0.964. The third kappa shape index (κ3) is 4.83. The van der Waals surface area contributed by atoms with Crippen LogP contribution in [0, 0.1) is 35.2 Å². The van der Waals surface area contributed by atoms with Crippen LogP contribution in [0.5, 0.6) is 0 Å². The Morgan fingerprint density at radius 1 is 1.15 bits per heavy atom. The molecule has 3 N–H and O–H groups in total. The van der Waals surface area contributed by atoms with Gasteiger partial charge in [-0.25, -0.2) is 26.3 Å². The fourth-order valence-electron chi connectivity index (χ4n) is 6.59. The van der Waals surface area contributed by atoms with Gasteiger partial charge in [-0.1, -0.05) is 0 Å². The first kappa shape index (κ1) is 28.2. The molecule has 1 amide bonds. The number of nitrogens with one attached hydrogen (secondary N) is 2. The molecule has 220 valence electrons. The Labute approximate surface area is 238 Å². The summed E-state index contributed by atoms with van der Waals surface area (Å²) in [7, 11) is -8.05. The molecule has 10 nitrogen and oxygen atoms in total. The number of anilines is 1. The van der Waals surface area contributed by atoms with Crippen molar-refractivity contribution in [1.82, 2.24) is 9.62 Å². The topological polar surface area (TPSA) is 145 Å². The Kier molecular flexibility index (Phi) is 6.75. The minimum atomic E-state index is -4.43. The SMILES string of the molecule is CS(=O)(=O)NCc1csc2c1S(=O)(=O)N=C(C1=C(O)[C@@H]3C4CCC(CC4)[C@@H]3N(Cc3cc(F)c(F)c(F)c3)C1=O)N2. The van der Waals surface area contributed by atoms with E-state index in [4.69, 9.17) is 0 Å². The maximum atomic E-state index is 14.1. The van der Waals surface area contributed by atoms with E-state index in [0.717, 1.165) is 55.4 Å². The van der Waals surface area contributed by atoms with Gasteiger partial charge in [0.15, 0.2) is 23.3 Å². The van der Waals surface area contributed by atoms with Crippen molar-refractivity contribution in [1.29, 1.82) is 0 Å². The second kappa shape index (κ2) is 9.81. The molecule has 0 spiro atoms. The molecule has 0 radical (unpaired) electrons. The van der Waals surface area contributed by atoms with Gasteiger partial charge < -0.3 is 15.3 Å². The predicted octanol–water partition coefficient (Wildman–Crippen LogP) is 3.39. The molecule has 1 aromatic heterocycles. The van der Waals surface area contributed by atoms with E-state index < -0.39 is 61.2 Å². The zero-order valence-electron chi connectivity index (χ0n) is 21.5. The Morgan fingerprint density at radius 2 is 1.78 bits per heavy atom. The van der Waals surface area contributed by atoms with Crippen molar-refractivity contribution in [3.63, 3.8) is 0 Å². The summed E-state index contributed by atoms with van der Waals surface area (Å²) in [6.07, 6.45) is 4.09. The average molecular weight is 631 g/mol. The van der Waals surface area contributed by atoms with E-state index in [2.05, 4.69) is 14.4 Å². The number of aliphatic hydroxyl groups excluding tert-OH is 1. The van der Waals surface area contributed by atoms with Crippen LogP contribution in [0.15, 0.2) is 38.1 Å². The standard InChI is InChI=1S/C25H25F3N4O6S3/c1-40(35,36)29-8-14-10-39-24-22(14)41(37,38)31-23(30-24)18-21(33)17-12-2-4-13(5-3-12)20(17)32(25(18)34)9-11-6-15(26)19(28)16(27)7-11/h6-7,10,12-13,17,20,29,33H,2-5,8-9H2,1H3,(H,30,31)/t12?,13?,17-,20+/m1/s1. The van der Waals surface area contributed by atoms with Gasteiger partial charge in [0.1, 0.15) is 21.2 Å². The molecule has 2 aliphatic heterocycles. The van der Waals surface area contributed by atoms with Gasteiger partial charge >= 0.3 is 0 Å². The lowest BCUT2D eigenvalue weighted by molar-refractivity contribution is -0.140. The second-order valence-electron chi connectivity index (χ2n) is 10.8. The van der Waals surface area contributed by atoms with E-state index in [0.29, 0.717) is 0 Å². The van der Waals surface area contributed by atoms with E-state index in [1.165, 1.54) is 10.3 Å². The summed E-state index contributed by atoms with van der Waals surface area (Å²) in [5.41, 5.74) is -0.198. The normalized spacial score (nSPS) is 26.9. The van der Waals surface area contributed by atoms with Gasteiger partial charge in [0.25, 0.3) is 15.9 Å². The van der Waals surface area contributed by atoms with Crippen molar-refractivity contribution in [3.05, 3.63) is 57.4 Å². The third-order valence-electron chi connectivity index (χ3n) is 8.26. The molecule has 5 aliphatic rings. The second-order valence-corrected chi connectivity index (χ2v) is 15.1. The quantitative estimate of drug-likeness (QED) is 0.415. The number of sulfonamides is 2. The number of fused-ring (bicyclic) bond motifs is 3. The molecule has 0 saturated heterocycles. The highest BCUT2D eigenvalue weighted by molar-refractivity contribution is 7.91. The number of aliphatic hydroxyl groups is 1. The summed E-state index contributed by atoms with van der Waals surface area (Å²) in [5.74, 6) is -6.45. The smallest absolute Gasteiger partial charge is 0.287 e. The molecule has 41 heavy (non-hydrogen) atoms. The molecule has 2 atom stereocenters. The number of benzene rings is 1. The molecule has 2 aromatic rings. The molecular formula is C25H25F3N4O6S3. The minimum Gasteiger partial charge on any atom is -0.511 e. The van der Waals surface area contributed by atoms with Crippen LogP contribution in [0.3, 0.4) is 0 Å². The highest BCUT2D eigenvalue weighted by Gasteiger charge is 2.54. The molecule has 7 rings (SSSR count). The number of hydrogen-bond donors (Lipinski definition) is 3. The molecule has 3 fully saturated rings. The van der Waals surface area contributed by atoms with Crippen LogP contribution in [0.2, 0.25) is 0 Å². The van der Waals surface area contributed by atoms with Crippen LogP contribution in [0.1, 0.15) is 36.8 Å². The Balaban J connectivity index is 1.41. The van der Waals surface area contributed by atoms with E-state index in [1.54, 1.807) is 0 Å². The lowest BCUT2D eigenvalue weighted by Crippen LogP contribution is -2.60. The van der Waals surface area contributed by atoms with Crippen LogP contribution < -0.4 is 10.0 Å². The number of carbonyl (C=O) groups is 1. The summed E-state index contributed by atoms with van der Waals surface area (Å²) < 4.78 is 97.4. The fraction of sp³-hybridized carbons (Fsp3) is 0.440. The lowest BCUT2D eigenvalue weighted by atomic mass is 9.59. The number of rotatable bonds is 6. The Bertz CT molecular complexity index is 1720. The van der Waals surface area contributed by atoms with Crippen LogP contribution in [0.4, 0.5) is 18.2 Å². The predicted molar refractivity (Wildman–Crippen MR) is 143 cm³/mol. The van der Waals surface area contributed by atoms with Gasteiger partial charge in [0, 0.05) is 30.6 Å². The van der Waals surface area contributed by atoms with Crippen LogP contribution in [0.25, 0.3) is 0 Å². The summed E-state index contributed by atoms with van der Waals surface area (Å²) in [5, 5.41) is 15.9. The lowest BCUT2D eigenvalue weighted by Gasteiger charge is -2.54. The first-order valence-electron chi connectivity index (χ1n) is 12.8. The van der Waals surface area contributed by atoms with Crippen molar-refractivity contribution in [2.24, 2.45) is 22.2 Å². The molecule has 2 bridgehead atoms. The van der Waals surface area contributed by atoms with Crippen LogP contribution in [-0.2, 0) is 37.9 Å². The fourth-order valence-corrected chi connectivity index (χ4v) is 9.61. The molecule has 3 heterocycles. The Morgan fingerprint density at radius 3 is 2.41 bits per heavy atom. The van der Waals surface area contributed by atoms with E-state index in [1.807, 2.05) is 0 Å². The van der Waals surface area contributed by atoms with Gasteiger partial charge in [-0.2, -0.15) is 8.42 Å². The van der Waals surface area contributed by atoms with E-state index in [-0.39, 0.29) is 57.3 Å². The first-order valence-corrected chi connectivity index (χ1v) is 17.0. The van der Waals surface area contributed by atoms with Crippen LogP contribution in [-0.4, -0.2) is 50.9 Å². The number of halogens is 3. The van der Waals surface area contributed by atoms with Crippen molar-refractivity contribution in [2.75, 3.05) is 11.6 Å². The monoisotopic (exact) mass is 630 g/mol. The molecular weight excluding hydrogens is 605 g/mol. The number of carbonyl (C=O) groups excluding carboxylic acids is 1. The Hall–Kier alpha value is -2.95. The number of nitrogens with zero attached hydrogens (tertiary/aromatic N) is 2. The number of amides is 1.